The molecule has 1 fully saturated rings. The molecule has 5 nitrogen and oxygen atoms in total. The summed E-state index contributed by atoms with van der Waals surface area (Å²) in [6.45, 7) is 7.94. The average Bonchev–Trinajstić information content (AvgIpc) is 2.74. The van der Waals surface area contributed by atoms with Gasteiger partial charge >= 0.3 is 0 Å². The van der Waals surface area contributed by atoms with Crippen LogP contribution in [0.25, 0.3) is 11.0 Å². The van der Waals surface area contributed by atoms with Gasteiger partial charge < -0.3 is 10.2 Å². The predicted molar refractivity (Wildman–Crippen MR) is 125 cm³/mol. The minimum atomic E-state index is 0. The molecule has 0 unspecified atom stereocenters. The summed E-state index contributed by atoms with van der Waals surface area (Å²) in [6, 6.07) is 12.3. The number of piperidine rings is 1. The van der Waals surface area contributed by atoms with Crippen LogP contribution < -0.4 is 5.32 Å². The number of halogens is 1. The number of aryl methyl sites for hydroxylation is 2. The van der Waals surface area contributed by atoms with E-state index in [9.17, 15) is 4.79 Å². The monoisotopic (exact) mass is 424 g/mol. The third-order valence-electron chi connectivity index (χ3n) is 5.80. The first-order valence-corrected chi connectivity index (χ1v) is 10.5. The van der Waals surface area contributed by atoms with Gasteiger partial charge in [-0.1, -0.05) is 26.0 Å². The van der Waals surface area contributed by atoms with Gasteiger partial charge in [0.2, 0.25) is 0 Å². The van der Waals surface area contributed by atoms with E-state index in [2.05, 4.69) is 53.4 Å². The first-order valence-electron chi connectivity index (χ1n) is 10.5. The van der Waals surface area contributed by atoms with E-state index in [-0.39, 0.29) is 18.3 Å². The zero-order valence-corrected chi connectivity index (χ0v) is 18.6. The van der Waals surface area contributed by atoms with Crippen molar-refractivity contribution in [1.82, 2.24) is 14.9 Å². The molecule has 0 spiro atoms. The Morgan fingerprint density at radius 1 is 1.13 bits per heavy atom. The van der Waals surface area contributed by atoms with E-state index in [4.69, 9.17) is 0 Å². The van der Waals surface area contributed by atoms with E-state index in [1.165, 1.54) is 5.56 Å². The topological polar surface area (TPSA) is 58.1 Å². The lowest BCUT2D eigenvalue weighted by Gasteiger charge is -2.31. The summed E-state index contributed by atoms with van der Waals surface area (Å²) >= 11 is 0. The molecule has 158 valence electrons. The van der Waals surface area contributed by atoms with Crippen molar-refractivity contribution in [2.24, 2.45) is 5.92 Å². The fourth-order valence-corrected chi connectivity index (χ4v) is 3.82. The summed E-state index contributed by atoms with van der Waals surface area (Å²) in [6.07, 6.45) is 4.78. The van der Waals surface area contributed by atoms with Crippen molar-refractivity contribution in [3.05, 3.63) is 59.4 Å². The van der Waals surface area contributed by atoms with Crippen molar-refractivity contribution in [1.29, 1.82) is 0 Å². The summed E-state index contributed by atoms with van der Waals surface area (Å²) in [4.78, 5) is 24.4. The lowest BCUT2D eigenvalue weighted by Crippen LogP contribution is -2.38. The minimum absolute atomic E-state index is 0. The lowest BCUT2D eigenvalue weighted by atomic mass is 9.98. The fourth-order valence-electron chi connectivity index (χ4n) is 3.82. The summed E-state index contributed by atoms with van der Waals surface area (Å²) < 4.78 is 0. The van der Waals surface area contributed by atoms with Crippen molar-refractivity contribution in [2.75, 3.05) is 18.4 Å². The van der Waals surface area contributed by atoms with Crippen molar-refractivity contribution in [2.45, 2.75) is 40.0 Å². The number of pyridine rings is 2. The molecular weight excluding hydrogens is 396 g/mol. The summed E-state index contributed by atoms with van der Waals surface area (Å²) in [7, 11) is 0. The van der Waals surface area contributed by atoms with Gasteiger partial charge in [0, 0.05) is 36.1 Å². The largest absolute Gasteiger partial charge is 0.354 e. The third-order valence-corrected chi connectivity index (χ3v) is 5.80. The van der Waals surface area contributed by atoms with Gasteiger partial charge in [0.25, 0.3) is 5.91 Å². The number of rotatable bonds is 4. The number of benzene rings is 1. The third kappa shape index (κ3) is 4.57. The van der Waals surface area contributed by atoms with Gasteiger partial charge in [0.05, 0.1) is 11.3 Å². The highest BCUT2D eigenvalue weighted by molar-refractivity contribution is 6.07. The molecule has 3 aromatic rings. The molecule has 3 heterocycles. The molecule has 30 heavy (non-hydrogen) atoms. The number of nitrogens with zero attached hydrogens (tertiary/aromatic N) is 3. The zero-order valence-electron chi connectivity index (χ0n) is 17.8. The number of nitrogens with one attached hydrogen (secondary N) is 1. The molecule has 0 aliphatic carbocycles. The van der Waals surface area contributed by atoms with Crippen LogP contribution in [-0.2, 0) is 6.42 Å². The molecule has 1 aliphatic heterocycles. The van der Waals surface area contributed by atoms with Crippen LogP contribution in [0.4, 0.5) is 11.4 Å². The van der Waals surface area contributed by atoms with Gasteiger partial charge in [-0.05, 0) is 61.9 Å². The molecule has 1 aromatic carbocycles. The highest BCUT2D eigenvalue weighted by Crippen LogP contribution is 2.30. The number of carbonyl (C=O) groups excluding carboxylic acids is 1. The van der Waals surface area contributed by atoms with Crippen molar-refractivity contribution < 1.29 is 4.79 Å². The Morgan fingerprint density at radius 3 is 2.50 bits per heavy atom. The van der Waals surface area contributed by atoms with E-state index in [0.29, 0.717) is 17.1 Å². The average molecular weight is 425 g/mol. The van der Waals surface area contributed by atoms with Crippen LogP contribution in [0.2, 0.25) is 0 Å². The first-order chi connectivity index (χ1) is 14.0. The number of fused-ring (bicyclic) bond motifs is 1. The second-order valence-electron chi connectivity index (χ2n) is 8.02. The Kier molecular flexibility index (Phi) is 6.93. The highest BCUT2D eigenvalue weighted by atomic mass is 35.5. The second-order valence-corrected chi connectivity index (χ2v) is 8.02. The van der Waals surface area contributed by atoms with Gasteiger partial charge in [-0.15, -0.1) is 12.4 Å². The predicted octanol–water partition coefficient (Wildman–Crippen LogP) is 5.54. The van der Waals surface area contributed by atoms with Crippen LogP contribution in [0.15, 0.2) is 42.6 Å². The lowest BCUT2D eigenvalue weighted by molar-refractivity contribution is 0.0698. The van der Waals surface area contributed by atoms with Crippen LogP contribution >= 0.6 is 12.4 Å². The van der Waals surface area contributed by atoms with E-state index in [1.807, 2.05) is 24.0 Å². The Bertz CT molecular complexity index is 1030. The van der Waals surface area contributed by atoms with E-state index < -0.39 is 0 Å². The van der Waals surface area contributed by atoms with Crippen LogP contribution in [0.5, 0.6) is 0 Å². The Balaban J connectivity index is 0.00000256. The molecule has 0 atom stereocenters. The van der Waals surface area contributed by atoms with Gasteiger partial charge in [-0.2, -0.15) is 0 Å². The summed E-state index contributed by atoms with van der Waals surface area (Å²) in [5.74, 6) is 0.718. The van der Waals surface area contributed by atoms with Crippen LogP contribution in [0.3, 0.4) is 0 Å². The highest BCUT2D eigenvalue weighted by Gasteiger charge is 2.25. The molecule has 0 radical (unpaired) electrons. The molecule has 4 rings (SSSR count). The molecule has 1 amide bonds. The Morgan fingerprint density at radius 2 is 1.83 bits per heavy atom. The number of likely N-dealkylation sites (tertiary alicyclic amines) is 1. The maximum Gasteiger partial charge on any atom is 0.257 e. The Labute approximate surface area is 184 Å². The van der Waals surface area contributed by atoms with Gasteiger partial charge in [0.15, 0.2) is 5.65 Å². The molecule has 1 saturated heterocycles. The minimum Gasteiger partial charge on any atom is -0.354 e. The van der Waals surface area contributed by atoms with Crippen molar-refractivity contribution in [3.63, 3.8) is 0 Å². The van der Waals surface area contributed by atoms with Crippen molar-refractivity contribution in [3.8, 4) is 0 Å². The number of anilines is 2. The maximum atomic E-state index is 13.4. The summed E-state index contributed by atoms with van der Waals surface area (Å²) in [5.41, 5.74) is 5.20. The molecule has 6 heteroatoms. The standard InChI is InChI=1S/C24H28N4O.ClH/c1-4-18-6-8-19(9-7-18)27-22-20-10-5-17(3)26-23(20)25-15-21(22)24(29)28-13-11-16(2)12-14-28;/h5-10,15-16H,4,11-14H2,1-3H3,(H,25,26,27);1H. The van der Waals surface area contributed by atoms with Gasteiger partial charge in [-0.25, -0.2) is 9.97 Å². The maximum absolute atomic E-state index is 13.4. The van der Waals surface area contributed by atoms with E-state index >= 15 is 0 Å². The van der Waals surface area contributed by atoms with Gasteiger partial charge in [0.1, 0.15) is 0 Å². The molecule has 1 aliphatic rings. The Hall–Kier alpha value is -2.66. The first kappa shape index (κ1) is 22.0. The quantitative estimate of drug-likeness (QED) is 0.597. The van der Waals surface area contributed by atoms with E-state index in [0.717, 1.165) is 54.8 Å². The van der Waals surface area contributed by atoms with Crippen LogP contribution in [-0.4, -0.2) is 33.9 Å². The van der Waals surface area contributed by atoms with Crippen LogP contribution in [0, 0.1) is 12.8 Å². The smallest absolute Gasteiger partial charge is 0.257 e. The number of hydrogen-bond donors (Lipinski definition) is 1. The number of carbonyl (C=O) groups is 1. The molecule has 0 bridgehead atoms. The second kappa shape index (κ2) is 9.43. The van der Waals surface area contributed by atoms with Crippen molar-refractivity contribution >= 4 is 40.7 Å². The van der Waals surface area contributed by atoms with Gasteiger partial charge in [-0.3, -0.25) is 4.79 Å². The molecule has 1 N–H and O–H groups in total. The number of amides is 1. The van der Waals surface area contributed by atoms with Crippen LogP contribution in [0.1, 0.15) is 48.3 Å². The van der Waals surface area contributed by atoms with E-state index in [1.54, 1.807) is 6.20 Å². The SMILES string of the molecule is CCc1ccc(Nc2c(C(=O)N3CCC(C)CC3)cnc3nc(C)ccc23)cc1.Cl. The normalized spacial score (nSPS) is 14.4. The fraction of sp³-hybridized carbons (Fsp3) is 0.375. The molecule has 2 aromatic heterocycles. The molecule has 0 saturated carbocycles. The zero-order chi connectivity index (χ0) is 20.4. The number of aromatic nitrogens is 2. The number of hydrogen-bond acceptors (Lipinski definition) is 4. The molecular formula is C24H29ClN4O. The summed E-state index contributed by atoms with van der Waals surface area (Å²) in [5, 5.41) is 4.35.